The van der Waals surface area contributed by atoms with Crippen LogP contribution < -0.4 is 5.32 Å². The molecule has 8 heteroatoms. The molecule has 0 fully saturated rings. The molecule has 0 saturated carbocycles. The first-order valence-corrected chi connectivity index (χ1v) is 9.48. The minimum absolute atomic E-state index is 0.126. The highest BCUT2D eigenvalue weighted by atomic mass is 35.5. The van der Waals surface area contributed by atoms with Crippen LogP contribution >= 0.6 is 23.4 Å². The number of hydrogen-bond acceptors (Lipinski definition) is 5. The van der Waals surface area contributed by atoms with Gasteiger partial charge in [0.1, 0.15) is 6.33 Å². The highest BCUT2D eigenvalue weighted by Gasteiger charge is 2.11. The number of nitriles is 1. The molecule has 0 bridgehead atoms. The second-order valence-corrected chi connectivity index (χ2v) is 7.14. The lowest BCUT2D eigenvalue weighted by Crippen LogP contribution is -2.24. The predicted molar refractivity (Wildman–Crippen MR) is 105 cm³/mol. The van der Waals surface area contributed by atoms with Crippen molar-refractivity contribution < 1.29 is 4.79 Å². The van der Waals surface area contributed by atoms with Gasteiger partial charge in [0.05, 0.1) is 23.1 Å². The number of rotatable bonds is 6. The van der Waals surface area contributed by atoms with Crippen LogP contribution in [0.2, 0.25) is 5.02 Å². The Morgan fingerprint density at radius 1 is 1.33 bits per heavy atom. The van der Waals surface area contributed by atoms with Gasteiger partial charge in [-0.05, 0) is 42.3 Å². The van der Waals surface area contributed by atoms with Crippen molar-refractivity contribution >= 4 is 29.3 Å². The monoisotopic (exact) mass is 397 g/mol. The fourth-order valence-electron chi connectivity index (χ4n) is 2.36. The Morgan fingerprint density at radius 3 is 2.96 bits per heavy atom. The average Bonchev–Trinajstić information content (AvgIpc) is 3.15. The molecule has 1 amide bonds. The van der Waals surface area contributed by atoms with Gasteiger partial charge in [-0.3, -0.25) is 9.36 Å². The molecule has 136 valence electrons. The van der Waals surface area contributed by atoms with Crippen molar-refractivity contribution in [2.75, 3.05) is 5.75 Å². The molecule has 2 aromatic carbocycles. The summed E-state index contributed by atoms with van der Waals surface area (Å²) in [6, 6.07) is 14.9. The number of amides is 1. The molecule has 0 aliphatic heterocycles. The summed E-state index contributed by atoms with van der Waals surface area (Å²) in [5.41, 5.74) is 3.28. The average molecular weight is 398 g/mol. The van der Waals surface area contributed by atoms with E-state index >= 15 is 0 Å². The number of hydrogen-bond donors (Lipinski definition) is 1. The third kappa shape index (κ3) is 4.88. The van der Waals surface area contributed by atoms with Crippen LogP contribution in [0.4, 0.5) is 0 Å². The van der Waals surface area contributed by atoms with Crippen molar-refractivity contribution in [3.8, 4) is 11.8 Å². The topological polar surface area (TPSA) is 83.6 Å². The van der Waals surface area contributed by atoms with E-state index < -0.39 is 0 Å². The maximum atomic E-state index is 12.1. The van der Waals surface area contributed by atoms with Crippen molar-refractivity contribution in [3.63, 3.8) is 0 Å². The number of aryl methyl sites for hydroxylation is 1. The quantitative estimate of drug-likeness (QED) is 0.643. The highest BCUT2D eigenvalue weighted by molar-refractivity contribution is 7.99. The van der Waals surface area contributed by atoms with Crippen LogP contribution in [-0.4, -0.2) is 26.4 Å². The van der Waals surface area contributed by atoms with Gasteiger partial charge in [0.25, 0.3) is 0 Å². The second-order valence-electron chi connectivity index (χ2n) is 5.79. The van der Waals surface area contributed by atoms with Crippen LogP contribution in [0.15, 0.2) is 53.9 Å². The van der Waals surface area contributed by atoms with Crippen LogP contribution in [0, 0.1) is 18.3 Å². The smallest absolute Gasteiger partial charge is 0.230 e. The number of aromatic nitrogens is 3. The third-order valence-corrected chi connectivity index (χ3v) is 5.18. The summed E-state index contributed by atoms with van der Waals surface area (Å²) in [6.45, 7) is 2.31. The van der Waals surface area contributed by atoms with E-state index in [2.05, 4.69) is 21.6 Å². The zero-order valence-electron chi connectivity index (χ0n) is 14.5. The molecule has 0 unspecified atom stereocenters. The number of carbonyl (C=O) groups is 1. The van der Waals surface area contributed by atoms with Crippen LogP contribution in [0.1, 0.15) is 16.7 Å². The number of halogens is 1. The van der Waals surface area contributed by atoms with Crippen molar-refractivity contribution in [2.45, 2.75) is 18.6 Å². The van der Waals surface area contributed by atoms with E-state index in [9.17, 15) is 4.79 Å². The molecule has 6 nitrogen and oxygen atoms in total. The first-order valence-electron chi connectivity index (χ1n) is 8.12. The summed E-state index contributed by atoms with van der Waals surface area (Å²) in [4.78, 5) is 12.1. The Kier molecular flexibility index (Phi) is 6.12. The van der Waals surface area contributed by atoms with Gasteiger partial charge in [-0.1, -0.05) is 41.6 Å². The van der Waals surface area contributed by atoms with Crippen LogP contribution in [-0.2, 0) is 11.3 Å². The normalized spacial score (nSPS) is 10.4. The predicted octanol–water partition coefficient (Wildman–Crippen LogP) is 3.51. The number of carbonyl (C=O) groups excluding carboxylic acids is 1. The van der Waals surface area contributed by atoms with Gasteiger partial charge in [0, 0.05) is 11.6 Å². The lowest BCUT2D eigenvalue weighted by Gasteiger charge is -2.08. The maximum absolute atomic E-state index is 12.1. The molecule has 0 spiro atoms. The van der Waals surface area contributed by atoms with Gasteiger partial charge in [0.2, 0.25) is 5.91 Å². The minimum Gasteiger partial charge on any atom is -0.351 e. The fraction of sp³-hybridized carbons (Fsp3) is 0.158. The largest absolute Gasteiger partial charge is 0.351 e. The minimum atomic E-state index is -0.126. The van der Waals surface area contributed by atoms with Crippen molar-refractivity contribution in [3.05, 3.63) is 70.5 Å². The van der Waals surface area contributed by atoms with E-state index in [0.29, 0.717) is 22.3 Å². The Balaban J connectivity index is 1.59. The molecule has 27 heavy (non-hydrogen) atoms. The number of nitrogens with one attached hydrogen (secondary N) is 1. The Labute approximate surface area is 166 Å². The van der Waals surface area contributed by atoms with Crippen molar-refractivity contribution in [1.29, 1.82) is 5.26 Å². The fourth-order valence-corrected chi connectivity index (χ4v) is 3.30. The summed E-state index contributed by atoms with van der Waals surface area (Å²) in [5, 5.41) is 21.0. The molecule has 3 aromatic rings. The standard InChI is InChI=1S/C19H16ClN5OS/c1-13-5-6-16(8-17(13)20)25-12-23-24-19(25)27-11-18(26)22-10-15-4-2-3-14(7-15)9-21/h2-8,12H,10-11H2,1H3,(H,22,26). The van der Waals surface area contributed by atoms with Gasteiger partial charge in [-0.2, -0.15) is 5.26 Å². The van der Waals surface area contributed by atoms with E-state index in [1.807, 2.05) is 31.2 Å². The molecule has 0 saturated heterocycles. The van der Waals surface area contributed by atoms with E-state index in [0.717, 1.165) is 16.8 Å². The molecular formula is C19H16ClN5OS. The molecule has 0 atom stereocenters. The van der Waals surface area contributed by atoms with E-state index in [-0.39, 0.29) is 11.7 Å². The molecular weight excluding hydrogens is 382 g/mol. The summed E-state index contributed by atoms with van der Waals surface area (Å²) in [6.07, 6.45) is 1.59. The van der Waals surface area contributed by atoms with Crippen LogP contribution in [0.3, 0.4) is 0 Å². The Bertz CT molecular complexity index is 1010. The van der Waals surface area contributed by atoms with Gasteiger partial charge >= 0.3 is 0 Å². The zero-order chi connectivity index (χ0) is 19.2. The second kappa shape index (κ2) is 8.71. The number of benzene rings is 2. The first-order chi connectivity index (χ1) is 13.1. The first kappa shape index (κ1) is 19.0. The molecule has 0 aliphatic carbocycles. The van der Waals surface area contributed by atoms with Crippen molar-refractivity contribution in [1.82, 2.24) is 20.1 Å². The lowest BCUT2D eigenvalue weighted by molar-refractivity contribution is -0.118. The maximum Gasteiger partial charge on any atom is 0.230 e. The summed E-state index contributed by atoms with van der Waals surface area (Å²) in [5.74, 6) is 0.0785. The van der Waals surface area contributed by atoms with Gasteiger partial charge < -0.3 is 5.32 Å². The van der Waals surface area contributed by atoms with Crippen molar-refractivity contribution in [2.24, 2.45) is 0 Å². The summed E-state index contributed by atoms with van der Waals surface area (Å²) < 4.78 is 1.79. The summed E-state index contributed by atoms with van der Waals surface area (Å²) >= 11 is 7.48. The van der Waals surface area contributed by atoms with Gasteiger partial charge in [-0.15, -0.1) is 10.2 Å². The Morgan fingerprint density at radius 2 is 2.19 bits per heavy atom. The Hall–Kier alpha value is -2.82. The van der Waals surface area contributed by atoms with E-state index in [1.54, 1.807) is 29.1 Å². The molecule has 0 aliphatic rings. The van der Waals surface area contributed by atoms with Gasteiger partial charge in [0.15, 0.2) is 5.16 Å². The third-order valence-electron chi connectivity index (χ3n) is 3.83. The highest BCUT2D eigenvalue weighted by Crippen LogP contribution is 2.23. The van der Waals surface area contributed by atoms with Crippen LogP contribution in [0.5, 0.6) is 0 Å². The molecule has 1 aromatic heterocycles. The van der Waals surface area contributed by atoms with Crippen LogP contribution in [0.25, 0.3) is 5.69 Å². The molecule has 1 N–H and O–H groups in total. The molecule has 3 rings (SSSR count). The number of nitrogens with zero attached hydrogens (tertiary/aromatic N) is 4. The van der Waals surface area contributed by atoms with Gasteiger partial charge in [-0.25, -0.2) is 0 Å². The summed E-state index contributed by atoms with van der Waals surface area (Å²) in [7, 11) is 0. The van der Waals surface area contributed by atoms with E-state index in [1.165, 1.54) is 11.8 Å². The zero-order valence-corrected chi connectivity index (χ0v) is 16.1. The molecule has 0 radical (unpaired) electrons. The van der Waals surface area contributed by atoms with E-state index in [4.69, 9.17) is 16.9 Å². The SMILES string of the molecule is Cc1ccc(-n2cnnc2SCC(=O)NCc2cccc(C#N)c2)cc1Cl. The number of thioether (sulfide) groups is 1. The lowest BCUT2D eigenvalue weighted by atomic mass is 10.1. The molecule has 1 heterocycles.